The molecule has 1 aromatic heterocycles. The molecule has 0 radical (unpaired) electrons. The number of rotatable bonds is 5. The lowest BCUT2D eigenvalue weighted by Crippen LogP contribution is -2.54. The summed E-state index contributed by atoms with van der Waals surface area (Å²) >= 11 is 1.62. The first-order chi connectivity index (χ1) is 15.9. The van der Waals surface area contributed by atoms with E-state index in [-0.39, 0.29) is 24.5 Å². The maximum absolute atomic E-state index is 12.8. The fourth-order valence-electron chi connectivity index (χ4n) is 4.57. The molecule has 9 heteroatoms. The standard InChI is InChI=1S/C24H32N4O4S/c1-17-25-21(16-33-17)19-3-5-20(6-4-19)32-15-24(31)28-9-7-22(23(30)8-10-28)27-13-11-26(12-14-27)18(2)29/h3-6,16,22-23,30H,7-15H2,1-2H3/t22-,23-/m0/s1. The molecule has 0 bridgehead atoms. The van der Waals surface area contributed by atoms with Crippen LogP contribution in [0.15, 0.2) is 29.6 Å². The fourth-order valence-corrected chi connectivity index (χ4v) is 5.19. The Morgan fingerprint density at radius 2 is 1.76 bits per heavy atom. The van der Waals surface area contributed by atoms with Crippen LogP contribution < -0.4 is 4.74 Å². The molecule has 0 saturated carbocycles. The van der Waals surface area contributed by atoms with E-state index in [0.29, 0.717) is 44.8 Å². The molecule has 8 nitrogen and oxygen atoms in total. The van der Waals surface area contributed by atoms with E-state index in [0.717, 1.165) is 29.4 Å². The van der Waals surface area contributed by atoms with Gasteiger partial charge in [0.15, 0.2) is 6.61 Å². The number of ether oxygens (including phenoxy) is 1. The number of thiazole rings is 1. The van der Waals surface area contributed by atoms with Gasteiger partial charge in [0.25, 0.3) is 5.91 Å². The molecule has 33 heavy (non-hydrogen) atoms. The van der Waals surface area contributed by atoms with Gasteiger partial charge in [-0.3, -0.25) is 14.5 Å². The average Bonchev–Trinajstić information content (AvgIpc) is 3.16. The van der Waals surface area contributed by atoms with E-state index in [2.05, 4.69) is 9.88 Å². The van der Waals surface area contributed by atoms with E-state index < -0.39 is 6.10 Å². The van der Waals surface area contributed by atoms with Gasteiger partial charge in [0.2, 0.25) is 5.91 Å². The summed E-state index contributed by atoms with van der Waals surface area (Å²) < 4.78 is 5.74. The lowest BCUT2D eigenvalue weighted by atomic mass is 10.0. The van der Waals surface area contributed by atoms with Gasteiger partial charge in [0.1, 0.15) is 5.75 Å². The minimum atomic E-state index is -0.477. The lowest BCUT2D eigenvalue weighted by molar-refractivity contribution is -0.133. The summed E-state index contributed by atoms with van der Waals surface area (Å²) in [6.07, 6.45) is 0.786. The van der Waals surface area contributed by atoms with Gasteiger partial charge in [-0.25, -0.2) is 4.98 Å². The van der Waals surface area contributed by atoms with Crippen LogP contribution >= 0.6 is 11.3 Å². The molecule has 0 spiro atoms. The Morgan fingerprint density at radius 3 is 2.39 bits per heavy atom. The number of hydrogen-bond donors (Lipinski definition) is 1. The van der Waals surface area contributed by atoms with Gasteiger partial charge < -0.3 is 19.6 Å². The number of carbonyl (C=O) groups excluding carboxylic acids is 2. The van der Waals surface area contributed by atoms with E-state index in [9.17, 15) is 14.7 Å². The van der Waals surface area contributed by atoms with Crippen LogP contribution in [-0.4, -0.2) is 94.6 Å². The Balaban J connectivity index is 1.26. The number of carbonyl (C=O) groups is 2. The van der Waals surface area contributed by atoms with Gasteiger partial charge in [-0.1, -0.05) is 0 Å². The van der Waals surface area contributed by atoms with Crippen LogP contribution in [0.4, 0.5) is 0 Å². The third-order valence-corrected chi connectivity index (χ3v) is 7.32. The van der Waals surface area contributed by atoms with E-state index >= 15 is 0 Å². The molecule has 2 aliphatic heterocycles. The molecular weight excluding hydrogens is 440 g/mol. The van der Waals surface area contributed by atoms with E-state index in [1.165, 1.54) is 0 Å². The lowest BCUT2D eigenvalue weighted by Gasteiger charge is -2.40. The summed E-state index contributed by atoms with van der Waals surface area (Å²) in [6, 6.07) is 7.64. The molecule has 2 atom stereocenters. The maximum atomic E-state index is 12.8. The number of piperazine rings is 1. The highest BCUT2D eigenvalue weighted by molar-refractivity contribution is 7.09. The Morgan fingerprint density at radius 1 is 1.06 bits per heavy atom. The number of hydrogen-bond acceptors (Lipinski definition) is 7. The summed E-state index contributed by atoms with van der Waals surface area (Å²) in [7, 11) is 0. The molecule has 0 unspecified atom stereocenters. The zero-order valence-electron chi connectivity index (χ0n) is 19.3. The minimum Gasteiger partial charge on any atom is -0.484 e. The number of aryl methyl sites for hydroxylation is 1. The highest BCUT2D eigenvalue weighted by Crippen LogP contribution is 2.24. The van der Waals surface area contributed by atoms with Crippen LogP contribution in [-0.2, 0) is 9.59 Å². The molecule has 2 amide bonds. The third kappa shape index (κ3) is 5.90. The van der Waals surface area contributed by atoms with Gasteiger partial charge in [-0.2, -0.15) is 0 Å². The van der Waals surface area contributed by atoms with Crippen LogP contribution in [0.1, 0.15) is 24.8 Å². The summed E-state index contributed by atoms with van der Waals surface area (Å²) in [5, 5.41) is 13.8. The van der Waals surface area contributed by atoms with Crippen molar-refractivity contribution in [1.82, 2.24) is 19.7 Å². The molecule has 2 saturated heterocycles. The second-order valence-corrected chi connectivity index (χ2v) is 9.76. The van der Waals surface area contributed by atoms with Gasteiger partial charge in [-0.05, 0) is 44.0 Å². The number of nitrogens with zero attached hydrogens (tertiary/aromatic N) is 4. The molecule has 0 aliphatic carbocycles. The SMILES string of the molecule is CC(=O)N1CCN([C@H]2CCN(C(=O)COc3ccc(-c4csc(C)n4)cc3)CC[C@@H]2O)CC1. The van der Waals surface area contributed by atoms with Gasteiger partial charge in [-0.15, -0.1) is 11.3 Å². The molecule has 4 rings (SSSR count). The summed E-state index contributed by atoms with van der Waals surface area (Å²) in [5.74, 6) is 0.680. The van der Waals surface area contributed by atoms with Crippen molar-refractivity contribution in [3.63, 3.8) is 0 Å². The van der Waals surface area contributed by atoms with E-state index in [1.54, 1.807) is 23.2 Å². The molecular formula is C24H32N4O4S. The smallest absolute Gasteiger partial charge is 0.260 e. The van der Waals surface area contributed by atoms with E-state index in [4.69, 9.17) is 4.74 Å². The zero-order chi connectivity index (χ0) is 23.4. The summed E-state index contributed by atoms with van der Waals surface area (Å²) in [6.45, 7) is 7.57. The highest BCUT2D eigenvalue weighted by Gasteiger charge is 2.33. The fraction of sp³-hybridized carbons (Fsp3) is 0.542. The zero-order valence-corrected chi connectivity index (χ0v) is 20.1. The first-order valence-corrected chi connectivity index (χ1v) is 12.4. The maximum Gasteiger partial charge on any atom is 0.260 e. The van der Waals surface area contributed by atoms with Crippen molar-refractivity contribution in [3.05, 3.63) is 34.7 Å². The Hall–Kier alpha value is -2.49. The number of benzene rings is 1. The van der Waals surface area contributed by atoms with Crippen molar-refractivity contribution in [1.29, 1.82) is 0 Å². The first kappa shape index (κ1) is 23.7. The minimum absolute atomic E-state index is 0.0136. The van der Waals surface area contributed by atoms with Crippen molar-refractivity contribution in [2.75, 3.05) is 45.9 Å². The third-order valence-electron chi connectivity index (χ3n) is 6.55. The second-order valence-electron chi connectivity index (χ2n) is 8.70. The average molecular weight is 473 g/mol. The van der Waals surface area contributed by atoms with Gasteiger partial charge in [0.05, 0.1) is 16.8 Å². The normalized spacial score (nSPS) is 22.2. The number of aliphatic hydroxyl groups excluding tert-OH is 1. The quantitative estimate of drug-likeness (QED) is 0.717. The van der Waals surface area contributed by atoms with Crippen LogP contribution in [0.25, 0.3) is 11.3 Å². The van der Waals surface area contributed by atoms with Crippen LogP contribution in [0.5, 0.6) is 5.75 Å². The molecule has 2 fully saturated rings. The Labute approximate surface area is 198 Å². The monoisotopic (exact) mass is 472 g/mol. The number of amides is 2. The van der Waals surface area contributed by atoms with Crippen LogP contribution in [0.3, 0.4) is 0 Å². The molecule has 1 aromatic carbocycles. The molecule has 3 heterocycles. The van der Waals surface area contributed by atoms with Crippen molar-refractivity contribution in [2.24, 2.45) is 0 Å². The summed E-state index contributed by atoms with van der Waals surface area (Å²) in [4.78, 5) is 34.7. The van der Waals surface area contributed by atoms with Gasteiger partial charge in [0, 0.05) is 63.2 Å². The van der Waals surface area contributed by atoms with Gasteiger partial charge >= 0.3 is 0 Å². The topological polar surface area (TPSA) is 86.2 Å². The number of aromatic nitrogens is 1. The van der Waals surface area contributed by atoms with Crippen molar-refractivity contribution in [2.45, 2.75) is 38.8 Å². The van der Waals surface area contributed by atoms with Crippen molar-refractivity contribution < 1.29 is 19.4 Å². The Bertz CT molecular complexity index is 956. The van der Waals surface area contributed by atoms with Crippen LogP contribution in [0.2, 0.25) is 0 Å². The predicted molar refractivity (Wildman–Crippen MR) is 127 cm³/mol. The van der Waals surface area contributed by atoms with Crippen molar-refractivity contribution >= 4 is 23.2 Å². The molecule has 2 aromatic rings. The van der Waals surface area contributed by atoms with Crippen LogP contribution in [0, 0.1) is 6.92 Å². The molecule has 178 valence electrons. The largest absolute Gasteiger partial charge is 0.484 e. The number of aliphatic hydroxyl groups is 1. The second kappa shape index (κ2) is 10.6. The predicted octanol–water partition coefficient (Wildman–Crippen LogP) is 2.01. The van der Waals surface area contributed by atoms with Crippen molar-refractivity contribution in [3.8, 4) is 17.0 Å². The van der Waals surface area contributed by atoms with E-state index in [1.807, 2.05) is 41.5 Å². The molecule has 1 N–H and O–H groups in total. The number of likely N-dealkylation sites (tertiary alicyclic amines) is 1. The highest BCUT2D eigenvalue weighted by atomic mass is 32.1. The summed E-state index contributed by atoms with van der Waals surface area (Å²) in [5.41, 5.74) is 1.97. The Kier molecular flexibility index (Phi) is 7.62. The first-order valence-electron chi connectivity index (χ1n) is 11.5. The molecule has 2 aliphatic rings.